The second-order valence-electron chi connectivity index (χ2n) is 12.6. The summed E-state index contributed by atoms with van der Waals surface area (Å²) in [7, 11) is 1.36. The number of nitrogens with two attached hydrogens (primary N) is 1. The Morgan fingerprint density at radius 1 is 1.16 bits per heavy atom. The van der Waals surface area contributed by atoms with Gasteiger partial charge in [-0.15, -0.1) is 0 Å². The maximum atomic E-state index is 13.9. The van der Waals surface area contributed by atoms with E-state index in [4.69, 9.17) is 19.9 Å². The minimum atomic E-state index is -1.00. The number of esters is 1. The summed E-state index contributed by atoms with van der Waals surface area (Å²) in [5.41, 5.74) is 7.28. The molecule has 0 bridgehead atoms. The molecule has 2 aliphatic carbocycles. The molecule has 2 heterocycles. The summed E-state index contributed by atoms with van der Waals surface area (Å²) in [5, 5.41) is 6.16. The van der Waals surface area contributed by atoms with E-state index in [1.165, 1.54) is 12.7 Å². The fraction of sp³-hybridized carbons (Fsp3) is 0.636. The third-order valence-corrected chi connectivity index (χ3v) is 8.41. The smallest absolute Gasteiger partial charge is 0.328 e. The van der Waals surface area contributed by atoms with Gasteiger partial charge in [-0.05, 0) is 82.8 Å². The topological polar surface area (TPSA) is 150 Å². The number of imidazole rings is 1. The fourth-order valence-corrected chi connectivity index (χ4v) is 5.82. The van der Waals surface area contributed by atoms with Gasteiger partial charge in [-0.1, -0.05) is 24.3 Å². The lowest BCUT2D eigenvalue weighted by molar-refractivity contribution is -0.151. The Morgan fingerprint density at radius 2 is 2.00 bits per heavy atom. The van der Waals surface area contributed by atoms with Gasteiger partial charge in [-0.3, -0.25) is 9.59 Å². The molecule has 12 heteroatoms. The number of ether oxygens (including phenoxy) is 3. The van der Waals surface area contributed by atoms with Crippen LogP contribution < -0.4 is 16.4 Å². The molecule has 0 radical (unpaired) electrons. The van der Waals surface area contributed by atoms with Crippen LogP contribution in [0.15, 0.2) is 48.0 Å². The summed E-state index contributed by atoms with van der Waals surface area (Å²) in [6.45, 7) is 5.31. The van der Waals surface area contributed by atoms with Crippen molar-refractivity contribution in [2.45, 2.75) is 95.3 Å². The number of nitrogens with one attached hydrogen (secondary N) is 2. The van der Waals surface area contributed by atoms with Crippen LogP contribution in [0.4, 0.5) is 5.82 Å². The van der Waals surface area contributed by atoms with Gasteiger partial charge in [0.15, 0.2) is 0 Å². The van der Waals surface area contributed by atoms with Gasteiger partial charge in [0.25, 0.3) is 5.91 Å². The van der Waals surface area contributed by atoms with Gasteiger partial charge in [-0.25, -0.2) is 9.78 Å². The van der Waals surface area contributed by atoms with E-state index < -0.39 is 17.6 Å². The lowest BCUT2D eigenvalue weighted by Crippen LogP contribution is -2.53. The first kappa shape index (κ1) is 34.4. The zero-order valence-electron chi connectivity index (χ0n) is 27.0. The summed E-state index contributed by atoms with van der Waals surface area (Å²) >= 11 is 0. The van der Waals surface area contributed by atoms with Crippen molar-refractivity contribution in [3.05, 3.63) is 48.0 Å². The number of rotatable bonds is 16. The number of anilines is 1. The van der Waals surface area contributed by atoms with E-state index in [1.54, 1.807) is 31.3 Å². The van der Waals surface area contributed by atoms with Gasteiger partial charge in [0.2, 0.25) is 5.91 Å². The van der Waals surface area contributed by atoms with E-state index >= 15 is 0 Å². The van der Waals surface area contributed by atoms with Gasteiger partial charge in [0.1, 0.15) is 24.6 Å². The quantitative estimate of drug-likeness (QED) is 0.109. The van der Waals surface area contributed by atoms with Gasteiger partial charge in [0, 0.05) is 12.7 Å². The third-order valence-electron chi connectivity index (χ3n) is 8.41. The normalized spacial score (nSPS) is 19.8. The van der Waals surface area contributed by atoms with Crippen molar-refractivity contribution < 1.29 is 28.6 Å². The van der Waals surface area contributed by atoms with Crippen LogP contribution in [0, 0.1) is 0 Å². The van der Waals surface area contributed by atoms with Crippen LogP contribution in [0.25, 0.3) is 0 Å². The molecule has 1 aliphatic heterocycles. The first-order valence-corrected chi connectivity index (χ1v) is 16.1. The van der Waals surface area contributed by atoms with Crippen LogP contribution in [-0.2, 0) is 28.6 Å². The molecule has 0 aromatic carbocycles. The van der Waals surface area contributed by atoms with E-state index in [9.17, 15) is 14.4 Å². The Hall–Kier alpha value is -3.48. The van der Waals surface area contributed by atoms with Crippen molar-refractivity contribution in [1.29, 1.82) is 0 Å². The summed E-state index contributed by atoms with van der Waals surface area (Å²) < 4.78 is 18.6. The number of likely N-dealkylation sites (tertiary alicyclic amines) is 1. The lowest BCUT2D eigenvalue weighted by Gasteiger charge is -2.30. The van der Waals surface area contributed by atoms with Gasteiger partial charge < -0.3 is 40.0 Å². The van der Waals surface area contributed by atoms with Gasteiger partial charge in [-0.2, -0.15) is 0 Å². The number of carbonyl (C=O) groups excluding carboxylic acids is 3. The molecule has 3 atom stereocenters. The van der Waals surface area contributed by atoms with E-state index in [2.05, 4.69) is 33.8 Å². The number of aromatic nitrogens is 2. The summed E-state index contributed by atoms with van der Waals surface area (Å²) in [5.74, 6) is -0.156. The highest BCUT2D eigenvalue weighted by Gasteiger charge is 2.39. The maximum Gasteiger partial charge on any atom is 0.328 e. The number of amides is 2. The van der Waals surface area contributed by atoms with Crippen LogP contribution in [0.5, 0.6) is 0 Å². The van der Waals surface area contributed by atoms with E-state index in [0.29, 0.717) is 45.0 Å². The third kappa shape index (κ3) is 10.0. The Labute approximate surface area is 266 Å². The SMILES string of the molecule is COC(=O)[C@@H]1CCCN1C(=O)C(C1=CCCCC1)n1cnc(NCOCC[C@H](COCC2=CC=CCC2)NC(=O)C(C)(C)N)c1. The Kier molecular flexibility index (Phi) is 12.8. The summed E-state index contributed by atoms with van der Waals surface area (Å²) in [6.07, 6.45) is 19.6. The van der Waals surface area contributed by atoms with Crippen LogP contribution in [0.1, 0.15) is 77.7 Å². The number of hydrogen-bond acceptors (Lipinski definition) is 9. The lowest BCUT2D eigenvalue weighted by atomic mass is 9.92. The predicted octanol–water partition coefficient (Wildman–Crippen LogP) is 3.38. The summed E-state index contributed by atoms with van der Waals surface area (Å²) in [6, 6.07) is -1.37. The molecule has 0 spiro atoms. The first-order valence-electron chi connectivity index (χ1n) is 16.1. The molecule has 12 nitrogen and oxygen atoms in total. The minimum absolute atomic E-state index is 0.108. The molecular formula is C33H50N6O6. The number of hydrogen-bond donors (Lipinski definition) is 3. The fourth-order valence-electron chi connectivity index (χ4n) is 5.82. The van der Waals surface area contributed by atoms with Crippen molar-refractivity contribution in [3.8, 4) is 0 Å². The molecule has 0 saturated carbocycles. The molecule has 1 unspecified atom stereocenters. The van der Waals surface area contributed by atoms with Crippen LogP contribution in [0.2, 0.25) is 0 Å². The van der Waals surface area contributed by atoms with E-state index in [-0.39, 0.29) is 30.6 Å². The molecule has 1 aromatic rings. The highest BCUT2D eigenvalue weighted by atomic mass is 16.5. The molecule has 1 saturated heterocycles. The monoisotopic (exact) mass is 626 g/mol. The average molecular weight is 627 g/mol. The van der Waals surface area contributed by atoms with Crippen LogP contribution >= 0.6 is 0 Å². The minimum Gasteiger partial charge on any atom is -0.467 e. The molecule has 2 amide bonds. The number of methoxy groups -OCH3 is 1. The molecule has 4 N–H and O–H groups in total. The van der Waals surface area contributed by atoms with Crippen molar-refractivity contribution in [2.24, 2.45) is 5.73 Å². The molecule has 3 aliphatic rings. The first-order chi connectivity index (χ1) is 21.7. The predicted molar refractivity (Wildman–Crippen MR) is 171 cm³/mol. The zero-order chi connectivity index (χ0) is 32.2. The Balaban J connectivity index is 1.31. The van der Waals surface area contributed by atoms with Crippen molar-refractivity contribution in [3.63, 3.8) is 0 Å². The zero-order valence-corrected chi connectivity index (χ0v) is 27.0. The Bertz CT molecular complexity index is 1250. The Morgan fingerprint density at radius 3 is 2.71 bits per heavy atom. The van der Waals surface area contributed by atoms with Crippen molar-refractivity contribution >= 4 is 23.6 Å². The summed E-state index contributed by atoms with van der Waals surface area (Å²) in [4.78, 5) is 45.0. The highest BCUT2D eigenvalue weighted by molar-refractivity contribution is 5.89. The highest BCUT2D eigenvalue weighted by Crippen LogP contribution is 2.32. The van der Waals surface area contributed by atoms with Crippen LogP contribution in [0.3, 0.4) is 0 Å². The molecule has 248 valence electrons. The second kappa shape index (κ2) is 16.7. The number of carbonyl (C=O) groups is 3. The number of nitrogens with zero attached hydrogens (tertiary/aromatic N) is 3. The average Bonchev–Trinajstić information content (AvgIpc) is 3.71. The second-order valence-corrected chi connectivity index (χ2v) is 12.6. The number of allylic oxidation sites excluding steroid dienone is 4. The van der Waals surface area contributed by atoms with E-state index in [0.717, 1.165) is 50.5 Å². The molecule has 45 heavy (non-hydrogen) atoms. The van der Waals surface area contributed by atoms with Gasteiger partial charge in [0.05, 0.1) is 44.8 Å². The molecule has 1 aromatic heterocycles. The van der Waals surface area contributed by atoms with E-state index in [1.807, 2.05) is 10.6 Å². The van der Waals surface area contributed by atoms with Gasteiger partial charge >= 0.3 is 5.97 Å². The standard InChI is InChI=1S/C33H50N6O6/c1-33(2,34)32(42)37-26(21-45-20-24-11-6-4-7-12-24)16-18-44-23-36-28-19-38(22-35-28)29(25-13-8-5-9-14-25)30(40)39-17-10-15-27(39)31(41)43-3/h4,6,11,13,19,22,26-27,29,36H,5,7-10,12,14-18,20-21,23,34H2,1-3H3,(H,37,42)/t26-,27+,29?/m1/s1. The molecule has 4 rings (SSSR count). The molecule has 1 fully saturated rings. The van der Waals surface area contributed by atoms with Crippen molar-refractivity contribution in [1.82, 2.24) is 19.8 Å². The molecular weight excluding hydrogens is 576 g/mol. The largest absolute Gasteiger partial charge is 0.467 e. The van der Waals surface area contributed by atoms with Crippen LogP contribution in [-0.4, -0.2) is 90.1 Å². The maximum absolute atomic E-state index is 13.9. The van der Waals surface area contributed by atoms with Crippen molar-refractivity contribution in [2.75, 3.05) is 45.5 Å².